The number of aromatic nitrogens is 4. The van der Waals surface area contributed by atoms with Crippen molar-refractivity contribution in [2.24, 2.45) is 4.99 Å². The maximum Gasteiger partial charge on any atom is 0.332 e. The maximum absolute atomic E-state index is 11.5. The molecule has 152 valence electrons. The van der Waals surface area contributed by atoms with Crippen LogP contribution in [0.1, 0.15) is 38.6 Å². The molecule has 0 unspecified atom stereocenters. The molecule has 2 heterocycles. The molecule has 1 aliphatic rings. The van der Waals surface area contributed by atoms with E-state index in [1.54, 1.807) is 13.3 Å². The molecule has 9 nitrogen and oxygen atoms in total. The van der Waals surface area contributed by atoms with E-state index in [0.29, 0.717) is 12.4 Å². The summed E-state index contributed by atoms with van der Waals surface area (Å²) in [4.78, 5) is 26.5. The zero-order valence-electron chi connectivity index (χ0n) is 16.3. The van der Waals surface area contributed by atoms with E-state index in [2.05, 4.69) is 37.6 Å². The molecule has 0 N–H and O–H groups in total. The number of nitrogens with zero attached hydrogens (tertiary/aromatic N) is 6. The van der Waals surface area contributed by atoms with Gasteiger partial charge in [0.15, 0.2) is 11.5 Å². The minimum absolute atomic E-state index is 0.0201. The van der Waals surface area contributed by atoms with E-state index in [-0.39, 0.29) is 24.7 Å². The Bertz CT molecular complexity index is 845. The van der Waals surface area contributed by atoms with Crippen molar-refractivity contribution in [2.75, 3.05) is 27.3 Å². The van der Waals surface area contributed by atoms with Crippen molar-refractivity contribution in [1.29, 1.82) is 0 Å². The number of carbonyl (C=O) groups excluding carboxylic acids is 1. The van der Waals surface area contributed by atoms with Crippen molar-refractivity contribution in [2.45, 2.75) is 44.8 Å². The van der Waals surface area contributed by atoms with Gasteiger partial charge in [0.2, 0.25) is 0 Å². The van der Waals surface area contributed by atoms with E-state index in [1.165, 1.54) is 6.33 Å². The van der Waals surface area contributed by atoms with E-state index in [4.69, 9.17) is 14.6 Å². The van der Waals surface area contributed by atoms with Crippen LogP contribution in [0.15, 0.2) is 11.3 Å². The topological polar surface area (TPSA) is 94.7 Å². The number of esters is 1. The summed E-state index contributed by atoms with van der Waals surface area (Å²) in [5.74, 6) is 0.320. The summed E-state index contributed by atoms with van der Waals surface area (Å²) in [5, 5.41) is 5.60. The first-order valence-corrected chi connectivity index (χ1v) is 10.4. The number of ether oxygens (including phenoxy) is 2. The number of aliphatic imine (C=N–C) groups is 1. The molecule has 3 rings (SSSR count). The second kappa shape index (κ2) is 9.59. The van der Waals surface area contributed by atoms with Gasteiger partial charge in [0.1, 0.15) is 16.6 Å². The second-order valence-corrected chi connectivity index (χ2v) is 7.91. The average molecular weight is 500 g/mol. The van der Waals surface area contributed by atoms with E-state index in [0.717, 1.165) is 40.4 Å². The normalized spacial score (nSPS) is 20.0. The quantitative estimate of drug-likeness (QED) is 0.250. The molecule has 28 heavy (non-hydrogen) atoms. The minimum atomic E-state index is -0.306. The Morgan fingerprint density at radius 1 is 1.36 bits per heavy atom. The van der Waals surface area contributed by atoms with Gasteiger partial charge in [-0.1, -0.05) is 0 Å². The fourth-order valence-electron chi connectivity index (χ4n) is 3.29. The van der Waals surface area contributed by atoms with Crippen LogP contribution in [-0.4, -0.2) is 70.4 Å². The third-order valence-corrected chi connectivity index (χ3v) is 5.32. The van der Waals surface area contributed by atoms with Gasteiger partial charge in [-0.25, -0.2) is 24.4 Å². The molecule has 0 bridgehead atoms. The lowest BCUT2D eigenvalue weighted by atomic mass is 9.93. The number of rotatable bonds is 7. The van der Waals surface area contributed by atoms with Crippen LogP contribution in [0.5, 0.6) is 0 Å². The van der Waals surface area contributed by atoms with E-state index in [1.807, 2.05) is 23.7 Å². The van der Waals surface area contributed by atoms with Crippen molar-refractivity contribution in [3.63, 3.8) is 0 Å². The van der Waals surface area contributed by atoms with Gasteiger partial charge in [0.25, 0.3) is 0 Å². The molecular formula is C18H25IN6O3. The van der Waals surface area contributed by atoms with Crippen molar-refractivity contribution >= 4 is 51.7 Å². The van der Waals surface area contributed by atoms with E-state index >= 15 is 0 Å². The monoisotopic (exact) mass is 500 g/mol. The summed E-state index contributed by atoms with van der Waals surface area (Å²) in [6.07, 6.45) is 6.92. The van der Waals surface area contributed by atoms with Gasteiger partial charge in [-0.05, 0) is 55.2 Å². The predicted molar refractivity (Wildman–Crippen MR) is 114 cm³/mol. The third-order valence-electron chi connectivity index (χ3n) is 4.57. The lowest BCUT2D eigenvalue weighted by Crippen LogP contribution is -2.26. The molecule has 0 aliphatic heterocycles. The largest absolute Gasteiger partial charge is 0.464 e. The first-order valence-electron chi connectivity index (χ1n) is 9.36. The van der Waals surface area contributed by atoms with Crippen molar-refractivity contribution < 1.29 is 14.3 Å². The summed E-state index contributed by atoms with van der Waals surface area (Å²) in [7, 11) is 3.83. The van der Waals surface area contributed by atoms with Crippen molar-refractivity contribution in [1.82, 2.24) is 24.6 Å². The second-order valence-electron chi connectivity index (χ2n) is 6.89. The molecule has 1 saturated carbocycles. The first-order chi connectivity index (χ1) is 13.5. The van der Waals surface area contributed by atoms with Gasteiger partial charge in [0.05, 0.1) is 30.5 Å². The molecule has 2 aromatic heterocycles. The van der Waals surface area contributed by atoms with E-state index < -0.39 is 0 Å². The van der Waals surface area contributed by atoms with Crippen LogP contribution in [0.4, 0.5) is 5.82 Å². The number of hydrogen-bond donors (Lipinski definition) is 0. The lowest BCUT2D eigenvalue weighted by molar-refractivity contribution is -0.151. The van der Waals surface area contributed by atoms with Crippen molar-refractivity contribution in [3.05, 3.63) is 10.0 Å². The molecule has 10 heteroatoms. The number of fused-ring (bicyclic) bond motifs is 1. The number of halogens is 1. The third kappa shape index (κ3) is 4.96. The van der Waals surface area contributed by atoms with E-state index in [9.17, 15) is 4.79 Å². The lowest BCUT2D eigenvalue weighted by Gasteiger charge is -2.28. The molecule has 0 atom stereocenters. The predicted octanol–water partition coefficient (Wildman–Crippen LogP) is 2.72. The zero-order chi connectivity index (χ0) is 20.1. The zero-order valence-corrected chi connectivity index (χ0v) is 18.5. The maximum atomic E-state index is 11.5. The highest BCUT2D eigenvalue weighted by Crippen LogP contribution is 2.34. The first kappa shape index (κ1) is 20.9. The molecule has 0 radical (unpaired) electrons. The SMILES string of the molecule is CCOC(=O)COC1CCC(n2nc(I)c3c(/N=C/N(C)C)ncnc32)CC1. The Kier molecular flexibility index (Phi) is 7.16. The molecule has 0 saturated heterocycles. The Morgan fingerprint density at radius 3 is 2.79 bits per heavy atom. The highest BCUT2D eigenvalue weighted by Gasteiger charge is 2.27. The van der Waals surface area contributed by atoms with Gasteiger partial charge < -0.3 is 14.4 Å². The van der Waals surface area contributed by atoms with Gasteiger partial charge in [0, 0.05) is 14.1 Å². The fourth-order valence-corrected chi connectivity index (χ4v) is 4.00. The standard InChI is InChI=1S/C18H25IN6O3/c1-4-27-14(26)9-28-13-7-5-12(6-8-13)25-18-15(16(19)23-25)17(20-10-21-18)22-11-24(2)3/h10-13H,4-9H2,1-3H3/b22-11+. The van der Waals surface area contributed by atoms with Crippen LogP contribution in [0, 0.1) is 3.70 Å². The highest BCUT2D eigenvalue weighted by molar-refractivity contribution is 14.1. The van der Waals surface area contributed by atoms with Crippen LogP contribution in [-0.2, 0) is 14.3 Å². The Balaban J connectivity index is 1.70. The smallest absolute Gasteiger partial charge is 0.332 e. The number of hydrogen-bond acceptors (Lipinski definition) is 7. The van der Waals surface area contributed by atoms with Gasteiger partial charge in [-0.3, -0.25) is 0 Å². The summed E-state index contributed by atoms with van der Waals surface area (Å²) >= 11 is 2.21. The summed E-state index contributed by atoms with van der Waals surface area (Å²) in [6.45, 7) is 2.19. The average Bonchev–Trinajstić information content (AvgIpc) is 3.03. The molecule has 1 fully saturated rings. The van der Waals surface area contributed by atoms with Gasteiger partial charge >= 0.3 is 5.97 Å². The molecule has 2 aromatic rings. The molecular weight excluding hydrogens is 475 g/mol. The van der Waals surface area contributed by atoms with Crippen LogP contribution in [0.3, 0.4) is 0 Å². The van der Waals surface area contributed by atoms with Crippen LogP contribution < -0.4 is 0 Å². The molecule has 0 amide bonds. The molecule has 1 aliphatic carbocycles. The summed E-state index contributed by atoms with van der Waals surface area (Å²) in [6, 6.07) is 0.244. The van der Waals surface area contributed by atoms with Crippen LogP contribution in [0.2, 0.25) is 0 Å². The Hall–Kier alpha value is -1.82. The van der Waals surface area contributed by atoms with Gasteiger partial charge in [-0.2, -0.15) is 5.10 Å². The van der Waals surface area contributed by atoms with Crippen LogP contribution in [0.25, 0.3) is 11.0 Å². The van der Waals surface area contributed by atoms with Crippen molar-refractivity contribution in [3.8, 4) is 0 Å². The highest BCUT2D eigenvalue weighted by atomic mass is 127. The summed E-state index contributed by atoms with van der Waals surface area (Å²) < 4.78 is 13.4. The van der Waals surface area contributed by atoms with Gasteiger partial charge in [-0.15, -0.1) is 0 Å². The Morgan fingerprint density at radius 2 is 2.11 bits per heavy atom. The fraction of sp³-hybridized carbons (Fsp3) is 0.611. The Labute approximate surface area is 177 Å². The molecule has 0 spiro atoms. The molecule has 0 aromatic carbocycles. The summed E-state index contributed by atoms with van der Waals surface area (Å²) in [5.41, 5.74) is 0.807. The number of carbonyl (C=O) groups is 1. The minimum Gasteiger partial charge on any atom is -0.464 e. The van der Waals surface area contributed by atoms with Crippen LogP contribution >= 0.6 is 22.6 Å².